The van der Waals surface area contributed by atoms with Gasteiger partial charge in [-0.3, -0.25) is 14.4 Å². The second-order valence-electron chi connectivity index (χ2n) is 20.2. The van der Waals surface area contributed by atoms with Crippen LogP contribution in [0.25, 0.3) is 0 Å². The first kappa shape index (κ1) is 69.3. The van der Waals surface area contributed by atoms with Gasteiger partial charge in [-0.05, 0) is 96.3 Å². The van der Waals surface area contributed by atoms with Crippen molar-refractivity contribution in [3.05, 3.63) is 97.2 Å². The lowest BCUT2D eigenvalue weighted by molar-refractivity contribution is -0.167. The molecule has 0 aromatic rings. The van der Waals surface area contributed by atoms with Gasteiger partial charge in [-0.2, -0.15) is 0 Å². The number of hydrogen-bond donors (Lipinski definition) is 0. The molecule has 0 fully saturated rings. The summed E-state index contributed by atoms with van der Waals surface area (Å²) in [6.07, 6.45) is 81.2. The maximum atomic E-state index is 12.9. The second kappa shape index (κ2) is 60.9. The Morgan fingerprint density at radius 1 is 0.288 bits per heavy atom. The first-order chi connectivity index (χ1) is 36.0. The summed E-state index contributed by atoms with van der Waals surface area (Å²) in [5.41, 5.74) is 0. The fourth-order valence-corrected chi connectivity index (χ4v) is 8.49. The molecule has 0 amide bonds. The molecular formula is C67H114O6. The number of ether oxygens (including phenoxy) is 3. The predicted octanol–water partition coefficient (Wildman–Crippen LogP) is 20.9. The minimum atomic E-state index is -0.805. The van der Waals surface area contributed by atoms with E-state index in [0.717, 1.165) is 103 Å². The third kappa shape index (κ3) is 59.1. The smallest absolute Gasteiger partial charge is 0.306 e. The van der Waals surface area contributed by atoms with Crippen molar-refractivity contribution in [3.8, 4) is 0 Å². The zero-order valence-corrected chi connectivity index (χ0v) is 47.9. The Bertz CT molecular complexity index is 1440. The molecule has 0 N–H and O–H groups in total. The number of esters is 3. The lowest BCUT2D eigenvalue weighted by Crippen LogP contribution is -2.30. The van der Waals surface area contributed by atoms with Gasteiger partial charge < -0.3 is 14.2 Å². The van der Waals surface area contributed by atoms with E-state index in [0.29, 0.717) is 19.3 Å². The fourth-order valence-electron chi connectivity index (χ4n) is 8.49. The lowest BCUT2D eigenvalue weighted by Gasteiger charge is -2.18. The van der Waals surface area contributed by atoms with Crippen molar-refractivity contribution in [3.63, 3.8) is 0 Å². The molecule has 0 saturated carbocycles. The molecule has 0 aromatic carbocycles. The molecule has 6 heteroatoms. The Kier molecular flexibility index (Phi) is 57.8. The molecule has 1 atom stereocenters. The van der Waals surface area contributed by atoms with Gasteiger partial charge in [0.2, 0.25) is 0 Å². The van der Waals surface area contributed by atoms with Crippen LogP contribution in [0.2, 0.25) is 0 Å². The maximum Gasteiger partial charge on any atom is 0.306 e. The van der Waals surface area contributed by atoms with Crippen molar-refractivity contribution in [1.82, 2.24) is 0 Å². The number of hydrogen-bond acceptors (Lipinski definition) is 6. The molecule has 0 rings (SSSR count). The molecule has 418 valence electrons. The third-order valence-electron chi connectivity index (χ3n) is 13.1. The van der Waals surface area contributed by atoms with E-state index in [1.54, 1.807) is 0 Å². The highest BCUT2D eigenvalue weighted by atomic mass is 16.6. The third-order valence-corrected chi connectivity index (χ3v) is 13.1. The van der Waals surface area contributed by atoms with E-state index in [1.165, 1.54) is 141 Å². The van der Waals surface area contributed by atoms with Crippen molar-refractivity contribution in [2.45, 2.75) is 297 Å². The van der Waals surface area contributed by atoms with E-state index in [2.05, 4.69) is 118 Å². The molecular weight excluding hydrogens is 901 g/mol. The number of carbonyl (C=O) groups is 3. The molecule has 6 nitrogen and oxygen atoms in total. The normalized spacial score (nSPS) is 12.8. The summed E-state index contributed by atoms with van der Waals surface area (Å²) in [5.74, 6) is -0.958. The van der Waals surface area contributed by atoms with Crippen LogP contribution in [-0.2, 0) is 28.6 Å². The molecule has 0 aliphatic rings. The van der Waals surface area contributed by atoms with E-state index in [1.807, 2.05) is 0 Å². The van der Waals surface area contributed by atoms with Gasteiger partial charge in [0.1, 0.15) is 13.2 Å². The summed E-state index contributed by atoms with van der Waals surface area (Å²) in [6, 6.07) is 0. The summed E-state index contributed by atoms with van der Waals surface area (Å²) in [5, 5.41) is 0. The molecule has 0 radical (unpaired) electrons. The largest absolute Gasteiger partial charge is 0.462 e. The molecule has 73 heavy (non-hydrogen) atoms. The first-order valence-electron chi connectivity index (χ1n) is 30.7. The van der Waals surface area contributed by atoms with Gasteiger partial charge >= 0.3 is 17.9 Å². The van der Waals surface area contributed by atoms with Gasteiger partial charge in [-0.25, -0.2) is 0 Å². The van der Waals surface area contributed by atoms with Crippen LogP contribution < -0.4 is 0 Å². The van der Waals surface area contributed by atoms with Crippen molar-refractivity contribution in [2.24, 2.45) is 0 Å². The van der Waals surface area contributed by atoms with Crippen LogP contribution in [0, 0.1) is 0 Å². The molecule has 0 aliphatic heterocycles. The number of rotatable bonds is 55. The summed E-state index contributed by atoms with van der Waals surface area (Å²) in [6.45, 7) is 6.49. The molecule has 0 bridgehead atoms. The minimum absolute atomic E-state index is 0.0967. The standard InChI is InChI=1S/C67H114O6/c1-4-7-10-13-16-19-22-25-28-31-32-33-34-35-36-37-40-42-45-48-51-54-57-60-66(69)72-63-64(73-67(70)61-58-55-52-49-46-43-39-30-27-24-21-18-15-12-9-6-3)62-71-65(68)59-56-53-50-47-44-41-38-29-26-23-20-17-14-11-8-5-2/h7,10,16,19,25,28,30,32-33,35-36,39-40,42,48,51,64H,4-6,8-9,11-15,17-18,20-24,26-27,29,31,34,37-38,41,43-47,49-50,52-63H2,1-3H3/b10-7-,19-16-,28-25-,33-32-,36-35-,39-30-,42-40-,51-48-. The number of carbonyl (C=O) groups excluding carboxylic acids is 3. The summed E-state index contributed by atoms with van der Waals surface area (Å²) < 4.78 is 16.9. The average molecular weight is 1020 g/mol. The lowest BCUT2D eigenvalue weighted by atomic mass is 10.0. The number of unbranched alkanes of at least 4 members (excludes halogenated alkanes) is 28. The van der Waals surface area contributed by atoms with Crippen molar-refractivity contribution in [1.29, 1.82) is 0 Å². The molecule has 1 unspecified atom stereocenters. The summed E-state index contributed by atoms with van der Waals surface area (Å²) >= 11 is 0. The van der Waals surface area contributed by atoms with Crippen molar-refractivity contribution in [2.75, 3.05) is 13.2 Å². The second-order valence-corrected chi connectivity index (χ2v) is 20.2. The first-order valence-corrected chi connectivity index (χ1v) is 30.7. The van der Waals surface area contributed by atoms with E-state index >= 15 is 0 Å². The highest BCUT2D eigenvalue weighted by Gasteiger charge is 2.19. The predicted molar refractivity (Wildman–Crippen MR) is 316 cm³/mol. The zero-order valence-electron chi connectivity index (χ0n) is 47.9. The van der Waals surface area contributed by atoms with Gasteiger partial charge in [0.15, 0.2) is 6.10 Å². The van der Waals surface area contributed by atoms with Gasteiger partial charge in [-0.15, -0.1) is 0 Å². The van der Waals surface area contributed by atoms with Crippen LogP contribution in [0.5, 0.6) is 0 Å². The Balaban J connectivity index is 4.47. The van der Waals surface area contributed by atoms with Gasteiger partial charge in [-0.1, -0.05) is 272 Å². The van der Waals surface area contributed by atoms with Crippen LogP contribution in [-0.4, -0.2) is 37.2 Å². The van der Waals surface area contributed by atoms with E-state index in [4.69, 9.17) is 14.2 Å². The Hall–Kier alpha value is -3.67. The Labute approximate surface area is 451 Å². The minimum Gasteiger partial charge on any atom is -0.462 e. The van der Waals surface area contributed by atoms with E-state index < -0.39 is 6.10 Å². The van der Waals surface area contributed by atoms with Crippen molar-refractivity contribution < 1.29 is 28.6 Å². The monoisotopic (exact) mass is 1010 g/mol. The SMILES string of the molecule is CC/C=C\C/C=C\C/C=C\C/C=C\C/C=C\C/C=C\C/C=C\CCCC(=O)OCC(COC(=O)CCCCCCCCCCCCCCCCCC)OC(=O)CCCCCCC/C=C\CCCCCCCCC. The highest BCUT2D eigenvalue weighted by molar-refractivity contribution is 5.71. The van der Waals surface area contributed by atoms with Crippen LogP contribution in [0.1, 0.15) is 290 Å². The van der Waals surface area contributed by atoms with Crippen LogP contribution >= 0.6 is 0 Å². The maximum absolute atomic E-state index is 12.9. The summed E-state index contributed by atoms with van der Waals surface area (Å²) in [7, 11) is 0. The zero-order chi connectivity index (χ0) is 52.9. The van der Waals surface area contributed by atoms with Gasteiger partial charge in [0, 0.05) is 19.3 Å². The topological polar surface area (TPSA) is 78.9 Å². The molecule has 0 heterocycles. The van der Waals surface area contributed by atoms with Crippen LogP contribution in [0.15, 0.2) is 97.2 Å². The average Bonchev–Trinajstić information content (AvgIpc) is 3.39. The Morgan fingerprint density at radius 2 is 0.548 bits per heavy atom. The number of allylic oxidation sites excluding steroid dienone is 16. The van der Waals surface area contributed by atoms with Crippen LogP contribution in [0.3, 0.4) is 0 Å². The van der Waals surface area contributed by atoms with E-state index in [-0.39, 0.29) is 37.5 Å². The quantitative estimate of drug-likeness (QED) is 0.0261. The van der Waals surface area contributed by atoms with Gasteiger partial charge in [0.05, 0.1) is 0 Å². The Morgan fingerprint density at radius 3 is 0.904 bits per heavy atom. The molecule has 0 aromatic heterocycles. The fraction of sp³-hybridized carbons (Fsp3) is 0.716. The highest BCUT2D eigenvalue weighted by Crippen LogP contribution is 2.16. The van der Waals surface area contributed by atoms with Crippen LogP contribution in [0.4, 0.5) is 0 Å². The molecule has 0 aliphatic carbocycles. The van der Waals surface area contributed by atoms with Gasteiger partial charge in [0.25, 0.3) is 0 Å². The van der Waals surface area contributed by atoms with E-state index in [9.17, 15) is 14.4 Å². The summed E-state index contributed by atoms with van der Waals surface area (Å²) in [4.78, 5) is 38.2. The van der Waals surface area contributed by atoms with Crippen molar-refractivity contribution >= 4 is 17.9 Å². The molecule has 0 spiro atoms. The molecule has 0 saturated heterocycles.